The van der Waals surface area contributed by atoms with Crippen LogP contribution < -0.4 is 5.73 Å². The van der Waals surface area contributed by atoms with Gasteiger partial charge in [-0.15, -0.1) is 0 Å². The third-order valence-corrected chi connectivity index (χ3v) is 6.25. The van der Waals surface area contributed by atoms with Crippen LogP contribution in [0.15, 0.2) is 0 Å². The van der Waals surface area contributed by atoms with Crippen molar-refractivity contribution in [3.8, 4) is 0 Å². The molecule has 0 spiro atoms. The average molecular weight is 249 g/mol. The maximum Gasteiger partial charge on any atom is 0.0233 e. The predicted octanol–water partition coefficient (Wildman–Crippen LogP) is 1.28. The molecule has 3 heteroatoms. The van der Waals surface area contributed by atoms with Gasteiger partial charge in [0.25, 0.3) is 0 Å². The van der Waals surface area contributed by atoms with Crippen LogP contribution >= 0.6 is 0 Å². The summed E-state index contributed by atoms with van der Waals surface area (Å²) in [6.45, 7) is 5.03. The maximum atomic E-state index is 6.70. The molecule has 0 aromatic heterocycles. The van der Waals surface area contributed by atoms with Gasteiger partial charge in [-0.05, 0) is 57.4 Å². The molecule has 4 bridgehead atoms. The molecule has 18 heavy (non-hydrogen) atoms. The molecule has 5 aliphatic rings. The Morgan fingerprint density at radius 2 is 1.56 bits per heavy atom. The molecule has 2 unspecified atom stereocenters. The first-order chi connectivity index (χ1) is 8.57. The lowest BCUT2D eigenvalue weighted by Crippen LogP contribution is -2.69. The monoisotopic (exact) mass is 249 g/mol. The van der Waals surface area contributed by atoms with E-state index in [1.807, 2.05) is 0 Å². The third-order valence-electron chi connectivity index (χ3n) is 6.25. The van der Waals surface area contributed by atoms with Crippen LogP contribution in [0, 0.1) is 11.8 Å². The molecule has 0 radical (unpaired) electrons. The van der Waals surface area contributed by atoms with Crippen molar-refractivity contribution in [1.82, 2.24) is 9.80 Å². The predicted molar refractivity (Wildman–Crippen MR) is 73.4 cm³/mol. The van der Waals surface area contributed by atoms with Crippen LogP contribution in [-0.2, 0) is 0 Å². The lowest BCUT2D eigenvalue weighted by atomic mass is 9.49. The highest BCUT2D eigenvalue weighted by Crippen LogP contribution is 2.58. The standard InChI is InChI=1S/C15H27N3/c1-17-2-4-18(5-3-17)15-9-12-6-13(10-15)8-14(16,7-12)11-15/h12-13H,2-11,16H2,1H3. The number of hydrogen-bond donors (Lipinski definition) is 1. The van der Waals surface area contributed by atoms with Gasteiger partial charge in [-0.25, -0.2) is 0 Å². The van der Waals surface area contributed by atoms with E-state index in [0.717, 1.165) is 11.8 Å². The van der Waals surface area contributed by atoms with E-state index in [2.05, 4.69) is 16.8 Å². The second kappa shape index (κ2) is 3.71. The Morgan fingerprint density at radius 1 is 0.944 bits per heavy atom. The Morgan fingerprint density at radius 3 is 2.11 bits per heavy atom. The molecule has 4 aliphatic carbocycles. The van der Waals surface area contributed by atoms with Gasteiger partial charge in [-0.2, -0.15) is 0 Å². The summed E-state index contributed by atoms with van der Waals surface area (Å²) in [4.78, 5) is 5.29. The first kappa shape index (κ1) is 11.7. The second-order valence-electron chi connectivity index (χ2n) is 7.84. The number of nitrogens with two attached hydrogens (primary N) is 1. The normalized spacial score (nSPS) is 53.0. The molecule has 102 valence electrons. The summed E-state index contributed by atoms with van der Waals surface area (Å²) >= 11 is 0. The summed E-state index contributed by atoms with van der Waals surface area (Å²) in [7, 11) is 2.25. The van der Waals surface area contributed by atoms with E-state index in [4.69, 9.17) is 5.73 Å². The van der Waals surface area contributed by atoms with Crippen molar-refractivity contribution < 1.29 is 0 Å². The zero-order chi connectivity index (χ0) is 12.4. The summed E-state index contributed by atoms with van der Waals surface area (Å²) in [5, 5.41) is 0. The highest BCUT2D eigenvalue weighted by molar-refractivity contribution is 5.15. The minimum Gasteiger partial charge on any atom is -0.325 e. The van der Waals surface area contributed by atoms with E-state index in [1.54, 1.807) is 0 Å². The molecule has 0 aromatic carbocycles. The Labute approximate surface area is 111 Å². The van der Waals surface area contributed by atoms with Gasteiger partial charge in [0.2, 0.25) is 0 Å². The van der Waals surface area contributed by atoms with Crippen LogP contribution in [0.3, 0.4) is 0 Å². The average Bonchev–Trinajstić information content (AvgIpc) is 2.26. The summed E-state index contributed by atoms with van der Waals surface area (Å²) in [6.07, 6.45) is 8.31. The highest BCUT2D eigenvalue weighted by Gasteiger charge is 2.58. The third kappa shape index (κ3) is 1.67. The van der Waals surface area contributed by atoms with Crippen LogP contribution in [0.4, 0.5) is 0 Å². The highest BCUT2D eigenvalue weighted by atomic mass is 15.3. The number of hydrogen-bond acceptors (Lipinski definition) is 3. The van der Waals surface area contributed by atoms with Crippen molar-refractivity contribution in [3.63, 3.8) is 0 Å². The molecule has 1 aliphatic heterocycles. The Hall–Kier alpha value is -0.120. The Bertz CT molecular complexity index is 332. The van der Waals surface area contributed by atoms with Crippen molar-refractivity contribution in [3.05, 3.63) is 0 Å². The van der Waals surface area contributed by atoms with Crippen molar-refractivity contribution in [2.45, 2.75) is 49.6 Å². The van der Waals surface area contributed by atoms with E-state index in [1.165, 1.54) is 64.7 Å². The fraction of sp³-hybridized carbons (Fsp3) is 1.00. The molecule has 4 saturated carbocycles. The van der Waals surface area contributed by atoms with E-state index < -0.39 is 0 Å². The first-order valence-corrected chi connectivity index (χ1v) is 7.80. The van der Waals surface area contributed by atoms with Crippen molar-refractivity contribution in [2.24, 2.45) is 17.6 Å². The van der Waals surface area contributed by atoms with Gasteiger partial charge in [-0.3, -0.25) is 4.90 Å². The molecule has 2 N–H and O–H groups in total. The van der Waals surface area contributed by atoms with Crippen LogP contribution in [0.1, 0.15) is 38.5 Å². The van der Waals surface area contributed by atoms with Crippen LogP contribution in [0.25, 0.3) is 0 Å². The largest absolute Gasteiger partial charge is 0.325 e. The van der Waals surface area contributed by atoms with Crippen LogP contribution in [-0.4, -0.2) is 54.1 Å². The number of nitrogens with zero attached hydrogens (tertiary/aromatic N) is 2. The molecule has 2 atom stereocenters. The Balaban J connectivity index is 1.59. The molecule has 5 rings (SSSR count). The zero-order valence-electron chi connectivity index (χ0n) is 11.7. The number of rotatable bonds is 1. The van der Waals surface area contributed by atoms with Gasteiger partial charge in [0.1, 0.15) is 0 Å². The number of likely N-dealkylation sites (N-methyl/N-ethyl adjacent to an activating group) is 1. The van der Waals surface area contributed by atoms with Crippen LogP contribution in [0.5, 0.6) is 0 Å². The summed E-state index contributed by atoms with van der Waals surface area (Å²) in [5.41, 5.74) is 7.40. The molecule has 0 aromatic rings. The fourth-order valence-corrected chi connectivity index (χ4v) is 5.94. The fourth-order valence-electron chi connectivity index (χ4n) is 5.94. The van der Waals surface area contributed by atoms with E-state index in [0.29, 0.717) is 5.54 Å². The topological polar surface area (TPSA) is 32.5 Å². The van der Waals surface area contributed by atoms with Gasteiger partial charge in [0.05, 0.1) is 0 Å². The summed E-state index contributed by atoms with van der Waals surface area (Å²) in [5.74, 6) is 1.88. The van der Waals surface area contributed by atoms with E-state index in [9.17, 15) is 0 Å². The van der Waals surface area contributed by atoms with Gasteiger partial charge < -0.3 is 10.6 Å². The SMILES string of the molecule is CN1CCN(C23CC4CC(CC(N)(C4)C2)C3)CC1. The van der Waals surface area contributed by atoms with E-state index in [-0.39, 0.29) is 5.54 Å². The molecule has 0 amide bonds. The maximum absolute atomic E-state index is 6.70. The van der Waals surface area contributed by atoms with Crippen LogP contribution in [0.2, 0.25) is 0 Å². The van der Waals surface area contributed by atoms with Gasteiger partial charge in [-0.1, -0.05) is 0 Å². The van der Waals surface area contributed by atoms with Crippen molar-refractivity contribution in [1.29, 1.82) is 0 Å². The van der Waals surface area contributed by atoms with Gasteiger partial charge >= 0.3 is 0 Å². The first-order valence-electron chi connectivity index (χ1n) is 7.80. The summed E-state index contributed by atoms with van der Waals surface area (Å²) in [6, 6.07) is 0. The van der Waals surface area contributed by atoms with Crippen molar-refractivity contribution in [2.75, 3.05) is 33.2 Å². The minimum absolute atomic E-state index is 0.202. The second-order valence-corrected chi connectivity index (χ2v) is 7.84. The molecule has 5 fully saturated rings. The molecule has 1 saturated heterocycles. The number of piperazine rings is 1. The van der Waals surface area contributed by atoms with E-state index >= 15 is 0 Å². The zero-order valence-corrected chi connectivity index (χ0v) is 11.7. The molecule has 1 heterocycles. The molecular formula is C15H27N3. The van der Waals surface area contributed by atoms with Crippen molar-refractivity contribution >= 4 is 0 Å². The molecule has 3 nitrogen and oxygen atoms in total. The lowest BCUT2D eigenvalue weighted by Gasteiger charge is -2.64. The Kier molecular flexibility index (Phi) is 2.41. The van der Waals surface area contributed by atoms with Gasteiger partial charge in [0.15, 0.2) is 0 Å². The minimum atomic E-state index is 0.202. The smallest absolute Gasteiger partial charge is 0.0233 e. The lowest BCUT2D eigenvalue weighted by molar-refractivity contribution is -0.109. The summed E-state index contributed by atoms with van der Waals surface area (Å²) < 4.78 is 0. The van der Waals surface area contributed by atoms with Gasteiger partial charge in [0, 0.05) is 37.3 Å². The quantitative estimate of drug-likeness (QED) is 0.760. The molecular weight excluding hydrogens is 222 g/mol.